The fraction of sp³-hybridized carbons (Fsp3) is 0.286. The normalized spacial score (nSPS) is 11.8. The Balaban J connectivity index is 2.25. The summed E-state index contributed by atoms with van der Waals surface area (Å²) < 4.78 is 0. The predicted molar refractivity (Wildman–Crippen MR) is 95.1 cm³/mol. The summed E-state index contributed by atoms with van der Waals surface area (Å²) in [5, 5.41) is 1.28. The molecule has 0 radical (unpaired) electrons. The van der Waals surface area contributed by atoms with Crippen molar-refractivity contribution in [3.63, 3.8) is 0 Å². The lowest BCUT2D eigenvalue weighted by Crippen LogP contribution is -2.17. The highest BCUT2D eigenvalue weighted by Gasteiger charge is 2.23. The van der Waals surface area contributed by atoms with Crippen LogP contribution in [0.1, 0.15) is 39.2 Å². The van der Waals surface area contributed by atoms with Crippen LogP contribution >= 0.6 is 0 Å². The van der Waals surface area contributed by atoms with Crippen LogP contribution in [0.3, 0.4) is 0 Å². The summed E-state index contributed by atoms with van der Waals surface area (Å²) in [7, 11) is 0. The van der Waals surface area contributed by atoms with Gasteiger partial charge in [-0.3, -0.25) is 0 Å². The zero-order valence-electron chi connectivity index (χ0n) is 13.6. The molecule has 1 nitrogen and oxygen atoms in total. The predicted octanol–water partition coefficient (Wildman–Crippen LogP) is 5.98. The van der Waals surface area contributed by atoms with Gasteiger partial charge in [0, 0.05) is 10.9 Å². The molecule has 3 aromatic rings. The van der Waals surface area contributed by atoms with E-state index in [0.29, 0.717) is 0 Å². The van der Waals surface area contributed by atoms with Gasteiger partial charge in [0.05, 0.1) is 11.2 Å². The van der Waals surface area contributed by atoms with Crippen LogP contribution in [0.25, 0.3) is 22.2 Å². The van der Waals surface area contributed by atoms with Gasteiger partial charge in [-0.05, 0) is 29.5 Å². The highest BCUT2D eigenvalue weighted by Crippen LogP contribution is 2.35. The molecule has 0 atom stereocenters. The number of rotatable bonds is 4. The third kappa shape index (κ3) is 2.76. The first-order valence-corrected chi connectivity index (χ1v) is 8.07. The molecule has 22 heavy (non-hydrogen) atoms. The SMILES string of the molecule is CCCC(C)(C)c1cc(-c2ccccc2)nc2ccccc12. The molecule has 0 unspecified atom stereocenters. The van der Waals surface area contributed by atoms with E-state index in [1.54, 1.807) is 0 Å². The Bertz CT molecular complexity index is 772. The molecule has 0 aliphatic rings. The minimum atomic E-state index is 0.154. The van der Waals surface area contributed by atoms with E-state index in [1.165, 1.54) is 29.4 Å². The molecule has 0 fully saturated rings. The fourth-order valence-electron chi connectivity index (χ4n) is 3.25. The van der Waals surface area contributed by atoms with Crippen LogP contribution in [0.4, 0.5) is 0 Å². The van der Waals surface area contributed by atoms with Crippen molar-refractivity contribution >= 4 is 10.9 Å². The second-order valence-corrected chi connectivity index (χ2v) is 6.57. The third-order valence-electron chi connectivity index (χ3n) is 4.39. The van der Waals surface area contributed by atoms with Gasteiger partial charge in [0.15, 0.2) is 0 Å². The summed E-state index contributed by atoms with van der Waals surface area (Å²) in [6.45, 7) is 6.93. The van der Waals surface area contributed by atoms with Crippen molar-refractivity contribution in [1.82, 2.24) is 4.98 Å². The molecule has 0 bridgehead atoms. The van der Waals surface area contributed by atoms with Gasteiger partial charge in [-0.25, -0.2) is 4.98 Å². The Kier molecular flexibility index (Phi) is 3.98. The lowest BCUT2D eigenvalue weighted by Gasteiger charge is -2.27. The van der Waals surface area contributed by atoms with Crippen molar-refractivity contribution in [2.75, 3.05) is 0 Å². The lowest BCUT2D eigenvalue weighted by molar-refractivity contribution is 0.477. The zero-order valence-corrected chi connectivity index (χ0v) is 13.6. The molecule has 3 rings (SSSR count). The molecule has 1 heterocycles. The minimum Gasteiger partial charge on any atom is -0.248 e. The van der Waals surface area contributed by atoms with Gasteiger partial charge in [0.2, 0.25) is 0 Å². The third-order valence-corrected chi connectivity index (χ3v) is 4.39. The Morgan fingerprint density at radius 1 is 0.909 bits per heavy atom. The van der Waals surface area contributed by atoms with E-state index in [4.69, 9.17) is 4.98 Å². The molecule has 0 saturated carbocycles. The number of hydrogen-bond donors (Lipinski definition) is 0. The molecule has 112 valence electrons. The summed E-state index contributed by atoms with van der Waals surface area (Å²) in [5.74, 6) is 0. The highest BCUT2D eigenvalue weighted by atomic mass is 14.7. The molecular formula is C21H23N. The van der Waals surface area contributed by atoms with Gasteiger partial charge in [-0.15, -0.1) is 0 Å². The molecule has 2 aromatic carbocycles. The molecule has 1 aromatic heterocycles. The highest BCUT2D eigenvalue weighted by molar-refractivity contribution is 5.86. The monoisotopic (exact) mass is 289 g/mol. The first-order valence-electron chi connectivity index (χ1n) is 8.07. The average molecular weight is 289 g/mol. The molecule has 0 saturated heterocycles. The van der Waals surface area contributed by atoms with Crippen LogP contribution in [-0.4, -0.2) is 4.98 Å². The van der Waals surface area contributed by atoms with E-state index in [-0.39, 0.29) is 5.41 Å². The zero-order chi connectivity index (χ0) is 15.6. The van der Waals surface area contributed by atoms with Gasteiger partial charge in [-0.2, -0.15) is 0 Å². The summed E-state index contributed by atoms with van der Waals surface area (Å²) in [6.07, 6.45) is 2.36. The van der Waals surface area contributed by atoms with Crippen LogP contribution in [0, 0.1) is 0 Å². The van der Waals surface area contributed by atoms with Crippen molar-refractivity contribution < 1.29 is 0 Å². The van der Waals surface area contributed by atoms with E-state index in [2.05, 4.69) is 75.4 Å². The quantitative estimate of drug-likeness (QED) is 0.575. The number of para-hydroxylation sites is 1. The number of aromatic nitrogens is 1. The van der Waals surface area contributed by atoms with Crippen LogP contribution in [-0.2, 0) is 5.41 Å². The van der Waals surface area contributed by atoms with Crippen molar-refractivity contribution in [2.24, 2.45) is 0 Å². The number of benzene rings is 2. The summed E-state index contributed by atoms with van der Waals surface area (Å²) in [6, 6.07) is 21.2. The largest absolute Gasteiger partial charge is 0.248 e. The van der Waals surface area contributed by atoms with Crippen molar-refractivity contribution in [2.45, 2.75) is 39.0 Å². The van der Waals surface area contributed by atoms with E-state index < -0.39 is 0 Å². The van der Waals surface area contributed by atoms with Gasteiger partial charge in [-0.1, -0.05) is 75.7 Å². The topological polar surface area (TPSA) is 12.9 Å². The maximum absolute atomic E-state index is 4.88. The van der Waals surface area contributed by atoms with Gasteiger partial charge < -0.3 is 0 Å². The summed E-state index contributed by atoms with van der Waals surface area (Å²) in [5.41, 5.74) is 4.89. The van der Waals surface area contributed by atoms with Crippen molar-refractivity contribution in [1.29, 1.82) is 0 Å². The number of hydrogen-bond acceptors (Lipinski definition) is 1. The maximum Gasteiger partial charge on any atom is 0.0712 e. The first-order chi connectivity index (χ1) is 10.6. The van der Waals surface area contributed by atoms with Gasteiger partial charge >= 0.3 is 0 Å². The van der Waals surface area contributed by atoms with E-state index in [9.17, 15) is 0 Å². The molecular weight excluding hydrogens is 266 g/mol. The summed E-state index contributed by atoms with van der Waals surface area (Å²) in [4.78, 5) is 4.88. The molecule has 1 heteroatoms. The Morgan fingerprint density at radius 3 is 2.32 bits per heavy atom. The second-order valence-electron chi connectivity index (χ2n) is 6.57. The molecule has 0 spiro atoms. The Hall–Kier alpha value is -2.15. The number of pyridine rings is 1. The van der Waals surface area contributed by atoms with Crippen LogP contribution in [0.5, 0.6) is 0 Å². The summed E-state index contributed by atoms with van der Waals surface area (Å²) >= 11 is 0. The Labute approximate surface area is 133 Å². The van der Waals surface area contributed by atoms with Crippen molar-refractivity contribution in [3.8, 4) is 11.3 Å². The van der Waals surface area contributed by atoms with E-state index >= 15 is 0 Å². The smallest absolute Gasteiger partial charge is 0.0712 e. The van der Waals surface area contributed by atoms with Gasteiger partial charge in [0.1, 0.15) is 0 Å². The number of nitrogens with zero attached hydrogens (tertiary/aromatic N) is 1. The fourth-order valence-corrected chi connectivity index (χ4v) is 3.25. The van der Waals surface area contributed by atoms with Gasteiger partial charge in [0.25, 0.3) is 0 Å². The second kappa shape index (κ2) is 5.92. The van der Waals surface area contributed by atoms with E-state index in [1.807, 2.05) is 6.07 Å². The Morgan fingerprint density at radius 2 is 1.59 bits per heavy atom. The first kappa shape index (κ1) is 14.8. The molecule has 0 aliphatic heterocycles. The van der Waals surface area contributed by atoms with Crippen LogP contribution in [0.15, 0.2) is 60.7 Å². The van der Waals surface area contributed by atoms with Crippen molar-refractivity contribution in [3.05, 3.63) is 66.2 Å². The standard InChI is InChI=1S/C21H23N/c1-4-14-21(2,3)18-15-20(16-10-6-5-7-11-16)22-19-13-9-8-12-17(18)19/h5-13,15H,4,14H2,1-3H3. The molecule has 0 N–H and O–H groups in total. The number of fused-ring (bicyclic) bond motifs is 1. The van der Waals surface area contributed by atoms with E-state index in [0.717, 1.165) is 11.2 Å². The minimum absolute atomic E-state index is 0.154. The maximum atomic E-state index is 4.88. The average Bonchev–Trinajstić information content (AvgIpc) is 2.54. The molecule has 0 aliphatic carbocycles. The van der Waals surface area contributed by atoms with Crippen LogP contribution < -0.4 is 0 Å². The van der Waals surface area contributed by atoms with Crippen LogP contribution in [0.2, 0.25) is 0 Å². The molecule has 0 amide bonds. The lowest BCUT2D eigenvalue weighted by atomic mass is 9.78.